The van der Waals surface area contributed by atoms with Crippen LogP contribution in [0.15, 0.2) is 23.8 Å². The Labute approximate surface area is 187 Å². The maximum atomic E-state index is 17.1. The number of Topliss-reactive ketones (excluding diaryl/α,β-unsaturated/α-hetero) is 1. The third-order valence-electron chi connectivity index (χ3n) is 9.04. The third-order valence-corrected chi connectivity index (χ3v) is 9.04. The Hall–Kier alpha value is -1.90. The SMILES string of the molecule is CC(=O)O[C@]1(C(=O)CO)[C@H](C)CC2C3CCC4=CC(=O)C=CC4(C)[C@@]3(F)C(O)CC21C.O. The van der Waals surface area contributed by atoms with Gasteiger partial charge in [0, 0.05) is 29.6 Å². The zero-order valence-corrected chi connectivity index (χ0v) is 19.0. The van der Waals surface area contributed by atoms with E-state index in [1.807, 2.05) is 0 Å². The van der Waals surface area contributed by atoms with E-state index in [1.165, 1.54) is 19.1 Å². The highest BCUT2D eigenvalue weighted by Gasteiger charge is 2.77. The first-order chi connectivity index (χ1) is 14.4. The summed E-state index contributed by atoms with van der Waals surface area (Å²) in [6, 6.07) is 0. The smallest absolute Gasteiger partial charge is 0.303 e. The molecular weight excluding hydrogens is 419 g/mol. The number of rotatable bonds is 3. The Kier molecular flexibility index (Phi) is 5.85. The minimum Gasteiger partial charge on any atom is -0.450 e. The van der Waals surface area contributed by atoms with Gasteiger partial charge in [0.1, 0.15) is 6.61 Å². The molecule has 8 heteroatoms. The largest absolute Gasteiger partial charge is 0.450 e. The summed E-state index contributed by atoms with van der Waals surface area (Å²) in [5.74, 6) is -2.79. The molecule has 0 aromatic carbocycles. The lowest BCUT2D eigenvalue weighted by atomic mass is 9.44. The molecule has 0 amide bonds. The lowest BCUT2D eigenvalue weighted by Crippen LogP contribution is -2.70. The van der Waals surface area contributed by atoms with Crippen molar-refractivity contribution in [3.05, 3.63) is 23.8 Å². The summed E-state index contributed by atoms with van der Waals surface area (Å²) in [6.45, 7) is 5.74. The molecule has 3 saturated carbocycles. The maximum absolute atomic E-state index is 17.1. The lowest BCUT2D eigenvalue weighted by Gasteiger charge is -2.62. The van der Waals surface area contributed by atoms with Crippen LogP contribution in [-0.4, -0.2) is 57.2 Å². The Bertz CT molecular complexity index is 912. The summed E-state index contributed by atoms with van der Waals surface area (Å²) in [5.41, 5.74) is -5.10. The quantitative estimate of drug-likeness (QED) is 0.626. The van der Waals surface area contributed by atoms with E-state index in [0.717, 1.165) is 0 Å². The molecule has 0 saturated heterocycles. The highest BCUT2D eigenvalue weighted by atomic mass is 19.1. The van der Waals surface area contributed by atoms with Gasteiger partial charge >= 0.3 is 5.97 Å². The van der Waals surface area contributed by atoms with Gasteiger partial charge in [-0.2, -0.15) is 0 Å². The van der Waals surface area contributed by atoms with Crippen molar-refractivity contribution in [3.63, 3.8) is 0 Å². The number of fused-ring (bicyclic) bond motifs is 5. The fourth-order valence-electron chi connectivity index (χ4n) is 7.74. The maximum Gasteiger partial charge on any atom is 0.303 e. The number of esters is 1. The van der Waals surface area contributed by atoms with E-state index in [2.05, 4.69) is 0 Å². The van der Waals surface area contributed by atoms with E-state index in [0.29, 0.717) is 24.8 Å². The van der Waals surface area contributed by atoms with Gasteiger partial charge < -0.3 is 20.4 Å². The molecule has 0 aromatic heterocycles. The molecule has 0 aliphatic heterocycles. The van der Waals surface area contributed by atoms with Gasteiger partial charge in [0.25, 0.3) is 0 Å². The standard InChI is InChI=1S/C24H31FO6.H2O/c1-13-9-18-17-6-5-15-10-16(28)7-8-21(15,3)23(17,25)19(29)11-22(18,4)24(13,20(30)12-26)31-14(2)27;/h7-8,10,13,17-19,26,29H,5-6,9,11-12H2,1-4H3;1H2/t13-,17?,18?,19?,21?,22?,23+,24+;/m1./s1. The molecule has 0 aromatic rings. The number of carbonyl (C=O) groups is 3. The summed E-state index contributed by atoms with van der Waals surface area (Å²) >= 11 is 0. The van der Waals surface area contributed by atoms with Crippen molar-refractivity contribution in [1.29, 1.82) is 0 Å². The number of halogens is 1. The second-order valence-electron chi connectivity index (χ2n) is 10.3. The van der Waals surface area contributed by atoms with Gasteiger partial charge in [-0.1, -0.05) is 25.5 Å². The summed E-state index contributed by atoms with van der Waals surface area (Å²) in [6.07, 6.45) is 4.29. The second-order valence-corrected chi connectivity index (χ2v) is 10.3. The number of hydrogen-bond acceptors (Lipinski definition) is 6. The van der Waals surface area contributed by atoms with Crippen molar-refractivity contribution in [2.75, 3.05) is 6.61 Å². The molecule has 0 heterocycles. The summed E-state index contributed by atoms with van der Waals surface area (Å²) < 4.78 is 22.8. The highest BCUT2D eigenvalue weighted by molar-refractivity contribution is 6.01. The van der Waals surface area contributed by atoms with E-state index < -0.39 is 58.4 Å². The Morgan fingerprint density at radius 2 is 1.94 bits per heavy atom. The monoisotopic (exact) mass is 452 g/mol. The molecular formula is C24H33FO7. The van der Waals surface area contributed by atoms with Crippen LogP contribution in [0.5, 0.6) is 0 Å². The van der Waals surface area contributed by atoms with Gasteiger partial charge in [0.15, 0.2) is 17.1 Å². The molecule has 4 N–H and O–H groups in total. The predicted molar refractivity (Wildman–Crippen MR) is 113 cm³/mol. The molecule has 178 valence electrons. The molecule has 7 nitrogen and oxygen atoms in total. The zero-order valence-electron chi connectivity index (χ0n) is 19.0. The molecule has 32 heavy (non-hydrogen) atoms. The number of allylic oxidation sites excluding steroid dienone is 4. The van der Waals surface area contributed by atoms with Crippen LogP contribution in [-0.2, 0) is 19.1 Å². The normalized spacial score (nSPS) is 46.8. The summed E-state index contributed by atoms with van der Waals surface area (Å²) in [4.78, 5) is 37.0. The fourth-order valence-corrected chi connectivity index (χ4v) is 7.74. The second kappa shape index (κ2) is 7.57. The third kappa shape index (κ3) is 2.72. The van der Waals surface area contributed by atoms with Crippen LogP contribution >= 0.6 is 0 Å². The van der Waals surface area contributed by atoms with Crippen molar-refractivity contribution in [2.24, 2.45) is 28.6 Å². The molecule has 4 rings (SSSR count). The lowest BCUT2D eigenvalue weighted by molar-refractivity contribution is -0.227. The van der Waals surface area contributed by atoms with Crippen LogP contribution < -0.4 is 0 Å². The van der Waals surface area contributed by atoms with E-state index >= 15 is 4.39 Å². The fraction of sp³-hybridized carbons (Fsp3) is 0.708. The van der Waals surface area contributed by atoms with Gasteiger partial charge in [-0.05, 0) is 50.7 Å². The van der Waals surface area contributed by atoms with Crippen molar-refractivity contribution in [1.82, 2.24) is 0 Å². The molecule has 4 aliphatic carbocycles. The number of ether oxygens (including phenoxy) is 1. The highest BCUT2D eigenvalue weighted by Crippen LogP contribution is 2.71. The van der Waals surface area contributed by atoms with Crippen LogP contribution in [0.25, 0.3) is 0 Å². The van der Waals surface area contributed by atoms with Crippen molar-refractivity contribution < 1.29 is 39.2 Å². The molecule has 8 atom stereocenters. The number of hydrogen-bond donors (Lipinski definition) is 2. The topological polar surface area (TPSA) is 132 Å². The summed E-state index contributed by atoms with van der Waals surface area (Å²) in [5, 5.41) is 21.1. The number of carbonyl (C=O) groups excluding carboxylic acids is 3. The van der Waals surface area contributed by atoms with Gasteiger partial charge in [-0.15, -0.1) is 0 Å². The van der Waals surface area contributed by atoms with Gasteiger partial charge in [0.2, 0.25) is 5.78 Å². The van der Waals surface area contributed by atoms with Crippen LogP contribution in [0.1, 0.15) is 53.4 Å². The van der Waals surface area contributed by atoms with Crippen molar-refractivity contribution >= 4 is 17.5 Å². The number of alkyl halides is 1. The van der Waals surface area contributed by atoms with Crippen molar-refractivity contribution in [2.45, 2.75) is 70.8 Å². The zero-order chi connectivity index (χ0) is 23.0. The minimum atomic E-state index is -2.02. The van der Waals surface area contributed by atoms with E-state index in [4.69, 9.17) is 4.74 Å². The van der Waals surface area contributed by atoms with E-state index in [1.54, 1.807) is 26.8 Å². The van der Waals surface area contributed by atoms with Crippen molar-refractivity contribution in [3.8, 4) is 0 Å². The number of ketones is 2. The molecule has 0 spiro atoms. The Balaban J connectivity index is 0.00000289. The molecule has 0 radical (unpaired) electrons. The average Bonchev–Trinajstić information content (AvgIpc) is 2.90. The first-order valence-corrected chi connectivity index (χ1v) is 11.0. The van der Waals surface area contributed by atoms with Crippen LogP contribution in [0.2, 0.25) is 0 Å². The van der Waals surface area contributed by atoms with Gasteiger partial charge in [0.05, 0.1) is 6.10 Å². The van der Waals surface area contributed by atoms with Gasteiger partial charge in [-0.25, -0.2) is 4.39 Å². The predicted octanol–water partition coefficient (Wildman–Crippen LogP) is 1.64. The van der Waals surface area contributed by atoms with E-state index in [-0.39, 0.29) is 23.6 Å². The first-order valence-electron chi connectivity index (χ1n) is 11.0. The van der Waals surface area contributed by atoms with Crippen LogP contribution in [0.3, 0.4) is 0 Å². The summed E-state index contributed by atoms with van der Waals surface area (Å²) in [7, 11) is 0. The Morgan fingerprint density at radius 3 is 2.53 bits per heavy atom. The first kappa shape index (κ1) is 24.7. The molecule has 0 bridgehead atoms. The molecule has 3 fully saturated rings. The van der Waals surface area contributed by atoms with Gasteiger partial charge in [-0.3, -0.25) is 14.4 Å². The van der Waals surface area contributed by atoms with Crippen LogP contribution in [0.4, 0.5) is 4.39 Å². The Morgan fingerprint density at radius 1 is 1.28 bits per heavy atom. The molecule has 5 unspecified atom stereocenters. The van der Waals surface area contributed by atoms with Crippen LogP contribution in [0, 0.1) is 28.6 Å². The average molecular weight is 453 g/mol. The minimum absolute atomic E-state index is 0. The molecule has 4 aliphatic rings. The van der Waals surface area contributed by atoms with E-state index in [9.17, 15) is 24.6 Å². The number of aliphatic hydroxyl groups is 2. The number of aliphatic hydroxyl groups excluding tert-OH is 2.